The van der Waals surface area contributed by atoms with E-state index in [-0.39, 0.29) is 22.4 Å². The van der Waals surface area contributed by atoms with Crippen LogP contribution in [0.25, 0.3) is 10.9 Å². The Hall–Kier alpha value is -2.28. The fraction of sp³-hybridized carbons (Fsp3) is 0.312. The van der Waals surface area contributed by atoms with E-state index in [2.05, 4.69) is 10.1 Å². The molecule has 0 bridgehead atoms. The highest BCUT2D eigenvalue weighted by Crippen LogP contribution is 2.27. The second-order valence-corrected chi connectivity index (χ2v) is 6.45. The van der Waals surface area contributed by atoms with Crippen LogP contribution in [0.2, 0.25) is 0 Å². The number of imide groups is 1. The van der Waals surface area contributed by atoms with E-state index in [9.17, 15) is 14.4 Å². The first kappa shape index (κ1) is 15.6. The maximum absolute atomic E-state index is 11.7. The lowest BCUT2D eigenvalue weighted by Gasteiger charge is -2.09. The summed E-state index contributed by atoms with van der Waals surface area (Å²) in [4.78, 5) is 34.3. The molecule has 1 fully saturated rings. The van der Waals surface area contributed by atoms with E-state index in [1.165, 1.54) is 7.11 Å². The molecule has 0 spiro atoms. The minimum atomic E-state index is -0.383. The summed E-state index contributed by atoms with van der Waals surface area (Å²) >= 11 is 1.03. The molecule has 0 radical (unpaired) electrons. The van der Waals surface area contributed by atoms with Gasteiger partial charge in [-0.3, -0.25) is 19.7 Å². The monoisotopic (exact) mass is 332 g/mol. The lowest BCUT2D eigenvalue weighted by atomic mass is 10.0. The molecule has 1 aliphatic heterocycles. The zero-order chi connectivity index (χ0) is 16.4. The average molecular weight is 332 g/mol. The predicted molar refractivity (Wildman–Crippen MR) is 87.2 cm³/mol. The number of benzene rings is 1. The molecule has 1 unspecified atom stereocenters. The number of esters is 1. The summed E-state index contributed by atoms with van der Waals surface area (Å²) in [6, 6.07) is 7.83. The number of hydrogen-bond acceptors (Lipinski definition) is 5. The number of fused-ring (bicyclic) bond motifs is 1. The molecule has 23 heavy (non-hydrogen) atoms. The van der Waals surface area contributed by atoms with Gasteiger partial charge in [-0.25, -0.2) is 0 Å². The van der Waals surface area contributed by atoms with Crippen LogP contribution in [0.1, 0.15) is 12.0 Å². The first-order valence-electron chi connectivity index (χ1n) is 7.23. The Balaban J connectivity index is 1.82. The molecular formula is C16H16N2O4S. The van der Waals surface area contributed by atoms with E-state index in [1.807, 2.05) is 35.0 Å². The fourth-order valence-corrected chi connectivity index (χ4v) is 3.55. The van der Waals surface area contributed by atoms with E-state index in [4.69, 9.17) is 0 Å². The average Bonchev–Trinajstić information content (AvgIpc) is 3.09. The van der Waals surface area contributed by atoms with Crippen LogP contribution in [0, 0.1) is 0 Å². The number of rotatable bonds is 5. The molecule has 2 amide bonds. The lowest BCUT2D eigenvalue weighted by molar-refractivity contribution is -0.140. The summed E-state index contributed by atoms with van der Waals surface area (Å²) in [6.45, 7) is 0.538. The van der Waals surface area contributed by atoms with Gasteiger partial charge in [0.15, 0.2) is 0 Å². The molecule has 3 rings (SSSR count). The van der Waals surface area contributed by atoms with Crippen molar-refractivity contribution >= 4 is 39.8 Å². The van der Waals surface area contributed by atoms with Crippen molar-refractivity contribution in [2.75, 3.05) is 7.11 Å². The third-order valence-electron chi connectivity index (χ3n) is 3.86. The molecule has 2 aromatic rings. The van der Waals surface area contributed by atoms with Gasteiger partial charge in [0.1, 0.15) is 0 Å². The van der Waals surface area contributed by atoms with Crippen LogP contribution >= 0.6 is 11.8 Å². The van der Waals surface area contributed by atoms with Gasteiger partial charge < -0.3 is 9.30 Å². The predicted octanol–water partition coefficient (Wildman–Crippen LogP) is 2.10. The Morgan fingerprint density at radius 1 is 1.35 bits per heavy atom. The quantitative estimate of drug-likeness (QED) is 0.849. The van der Waals surface area contributed by atoms with Gasteiger partial charge in [0.25, 0.3) is 5.24 Å². The maximum Gasteiger partial charge on any atom is 0.307 e. The van der Waals surface area contributed by atoms with Gasteiger partial charge in [-0.05, 0) is 24.1 Å². The van der Waals surface area contributed by atoms with Gasteiger partial charge in [0, 0.05) is 23.6 Å². The van der Waals surface area contributed by atoms with Crippen molar-refractivity contribution in [3.05, 3.63) is 36.0 Å². The SMILES string of the molecule is COC(=O)CCn1ccc2c(CC3SC(=O)NC3=O)cccc21. The van der Waals surface area contributed by atoms with E-state index >= 15 is 0 Å². The van der Waals surface area contributed by atoms with E-state index in [0.29, 0.717) is 19.4 Å². The third kappa shape index (κ3) is 3.24. The van der Waals surface area contributed by atoms with Gasteiger partial charge in [-0.15, -0.1) is 0 Å². The summed E-state index contributed by atoms with van der Waals surface area (Å²) in [5, 5.41) is 2.67. The number of nitrogens with zero attached hydrogens (tertiary/aromatic N) is 1. The first-order chi connectivity index (χ1) is 11.1. The smallest absolute Gasteiger partial charge is 0.307 e. The molecule has 1 aliphatic rings. The summed E-state index contributed by atoms with van der Waals surface area (Å²) < 4.78 is 6.65. The van der Waals surface area contributed by atoms with E-state index in [1.54, 1.807) is 0 Å². The number of ether oxygens (including phenoxy) is 1. The third-order valence-corrected chi connectivity index (χ3v) is 4.84. The maximum atomic E-state index is 11.7. The zero-order valence-corrected chi connectivity index (χ0v) is 13.4. The van der Waals surface area contributed by atoms with Crippen molar-refractivity contribution in [3.8, 4) is 0 Å². The van der Waals surface area contributed by atoms with Gasteiger partial charge in [-0.2, -0.15) is 0 Å². The second kappa shape index (κ2) is 6.45. The topological polar surface area (TPSA) is 77.4 Å². The van der Waals surface area contributed by atoms with E-state index < -0.39 is 0 Å². The Morgan fingerprint density at radius 2 is 2.17 bits per heavy atom. The van der Waals surface area contributed by atoms with Crippen molar-refractivity contribution in [1.29, 1.82) is 0 Å². The van der Waals surface area contributed by atoms with Crippen molar-refractivity contribution in [3.63, 3.8) is 0 Å². The Kier molecular flexibility index (Phi) is 4.38. The number of amides is 2. The van der Waals surface area contributed by atoms with Crippen LogP contribution in [0.15, 0.2) is 30.5 Å². The van der Waals surface area contributed by atoms with Crippen LogP contribution in [-0.4, -0.2) is 34.0 Å². The second-order valence-electron chi connectivity index (χ2n) is 5.27. The van der Waals surface area contributed by atoms with E-state index in [0.717, 1.165) is 28.2 Å². The lowest BCUT2D eigenvalue weighted by Crippen LogP contribution is -2.25. The summed E-state index contributed by atoms with van der Waals surface area (Å²) in [7, 11) is 1.37. The Morgan fingerprint density at radius 3 is 2.87 bits per heavy atom. The molecule has 2 heterocycles. The van der Waals surface area contributed by atoms with Gasteiger partial charge >= 0.3 is 5.97 Å². The number of nitrogens with one attached hydrogen (secondary N) is 1. The molecule has 0 aliphatic carbocycles. The van der Waals surface area contributed by atoms with Crippen LogP contribution in [0.5, 0.6) is 0 Å². The number of aryl methyl sites for hydroxylation is 1. The molecule has 7 heteroatoms. The number of thioether (sulfide) groups is 1. The molecule has 6 nitrogen and oxygen atoms in total. The molecule has 0 saturated carbocycles. The Bertz CT molecular complexity index is 783. The summed E-state index contributed by atoms with van der Waals surface area (Å²) in [5.74, 6) is -0.484. The molecular weight excluding hydrogens is 316 g/mol. The van der Waals surface area contributed by atoms with Crippen molar-refractivity contribution < 1.29 is 19.1 Å². The number of hydrogen-bond donors (Lipinski definition) is 1. The van der Waals surface area contributed by atoms with Crippen LogP contribution in [-0.2, 0) is 27.3 Å². The van der Waals surface area contributed by atoms with Crippen LogP contribution in [0.4, 0.5) is 4.79 Å². The highest BCUT2D eigenvalue weighted by atomic mass is 32.2. The van der Waals surface area contributed by atoms with Gasteiger partial charge in [-0.1, -0.05) is 23.9 Å². The Labute approximate surface area is 137 Å². The van der Waals surface area contributed by atoms with Gasteiger partial charge in [0.05, 0.1) is 18.8 Å². The highest BCUT2D eigenvalue weighted by molar-refractivity contribution is 8.15. The van der Waals surface area contributed by atoms with Gasteiger partial charge in [0.2, 0.25) is 5.91 Å². The number of methoxy groups -OCH3 is 1. The largest absolute Gasteiger partial charge is 0.469 e. The first-order valence-corrected chi connectivity index (χ1v) is 8.11. The molecule has 1 aromatic heterocycles. The van der Waals surface area contributed by atoms with Crippen LogP contribution < -0.4 is 5.32 Å². The number of carbonyl (C=O) groups is 3. The summed E-state index contributed by atoms with van der Waals surface area (Å²) in [5.41, 5.74) is 2.02. The van der Waals surface area contributed by atoms with Crippen molar-refractivity contribution in [1.82, 2.24) is 9.88 Å². The fourth-order valence-electron chi connectivity index (χ4n) is 2.70. The standard InChI is InChI=1S/C16H16N2O4S/c1-22-14(19)6-8-18-7-5-11-10(3-2-4-12(11)18)9-13-15(20)17-16(21)23-13/h2-5,7,13H,6,8-9H2,1H3,(H,17,20,21). The minimum absolute atomic E-state index is 0.234. The van der Waals surface area contributed by atoms with Crippen molar-refractivity contribution in [2.45, 2.75) is 24.6 Å². The van der Waals surface area contributed by atoms with Crippen molar-refractivity contribution in [2.24, 2.45) is 0 Å². The molecule has 1 aromatic carbocycles. The number of carbonyl (C=O) groups excluding carboxylic acids is 3. The molecule has 1 N–H and O–H groups in total. The molecule has 120 valence electrons. The molecule has 1 atom stereocenters. The summed E-state index contributed by atoms with van der Waals surface area (Å²) in [6.07, 6.45) is 2.73. The molecule has 1 saturated heterocycles. The van der Waals surface area contributed by atoms with Crippen LogP contribution in [0.3, 0.4) is 0 Å². The zero-order valence-electron chi connectivity index (χ0n) is 12.6. The highest BCUT2D eigenvalue weighted by Gasteiger charge is 2.31. The number of aromatic nitrogens is 1. The normalized spacial score (nSPS) is 17.5. The minimum Gasteiger partial charge on any atom is -0.469 e.